The van der Waals surface area contributed by atoms with Gasteiger partial charge in [0.2, 0.25) is 5.91 Å². The molecule has 5 atom stereocenters. The fraction of sp³-hybridized carbons (Fsp3) is 0.562. The van der Waals surface area contributed by atoms with Gasteiger partial charge in [0.25, 0.3) is 0 Å². The van der Waals surface area contributed by atoms with Gasteiger partial charge in [0.05, 0.1) is 10.8 Å². The molecule has 3 heterocycles. The number of rotatable bonds is 11. The highest BCUT2D eigenvalue weighted by atomic mass is 35.5. The van der Waals surface area contributed by atoms with Crippen LogP contribution >= 0.6 is 22.4 Å². The third-order valence-electron chi connectivity index (χ3n) is 9.46. The van der Waals surface area contributed by atoms with Crippen LogP contribution in [0.2, 0.25) is 5.02 Å². The van der Waals surface area contributed by atoms with Crippen molar-refractivity contribution < 1.29 is 37.3 Å². The predicted octanol–water partition coefficient (Wildman–Crippen LogP) is 6.22. The standard InChI is InChI=1S/C32H43ClF2N4O6S/c33-26-11-7-21(17-28(26)35)24(9-6-20-12-14-45-15-13-20)30(38-32(41)42)31(40)37-29-5-1-4-27(34)25(29)10-8-23-18-36-22-3-2-16-46(43,44)39(23)19-22/h1,4-5,7,11,17,20,22-24,30,36,38,43-44H,2-3,6,8-10,12-16,18-19H2,(H,37,40)(H,41,42)/t22?,23?,24-,30-/m1/s1. The molecule has 0 aliphatic carbocycles. The SMILES string of the molecule is O=C(O)N[C@@H](C(=O)Nc1cccc(F)c1CCC1CNC2CCCS(O)(O)N1C2)[C@H](CCC1CCOCC1)c1ccc(Cl)c(F)c1. The molecule has 3 aliphatic rings. The Labute approximate surface area is 274 Å². The summed E-state index contributed by atoms with van der Waals surface area (Å²) >= 11 is 5.94. The number of hydrogen-bond donors (Lipinski definition) is 6. The third-order valence-corrected chi connectivity index (χ3v) is 11.8. The zero-order chi connectivity index (χ0) is 32.8. The van der Waals surface area contributed by atoms with Crippen LogP contribution in [0, 0.1) is 17.6 Å². The van der Waals surface area contributed by atoms with Crippen LogP contribution in [0.4, 0.5) is 19.3 Å². The number of piperazine rings is 1. The molecule has 3 fully saturated rings. The van der Waals surface area contributed by atoms with Gasteiger partial charge < -0.3 is 25.8 Å². The Morgan fingerprint density at radius 2 is 1.89 bits per heavy atom. The Morgan fingerprint density at radius 1 is 1.11 bits per heavy atom. The molecule has 6 N–H and O–H groups in total. The smallest absolute Gasteiger partial charge is 0.405 e. The summed E-state index contributed by atoms with van der Waals surface area (Å²) in [5.41, 5.74) is 0.841. The van der Waals surface area contributed by atoms with Crippen LogP contribution in [0.1, 0.15) is 62.0 Å². The molecule has 2 amide bonds. The average molecular weight is 685 g/mol. The largest absolute Gasteiger partial charge is 0.465 e. The van der Waals surface area contributed by atoms with Crippen molar-refractivity contribution in [3.8, 4) is 0 Å². The maximum absolute atomic E-state index is 15.3. The first-order chi connectivity index (χ1) is 22.0. The molecule has 0 spiro atoms. The molecule has 2 aromatic rings. The Hall–Kier alpha value is -2.52. The predicted molar refractivity (Wildman–Crippen MR) is 174 cm³/mol. The van der Waals surface area contributed by atoms with E-state index in [1.54, 1.807) is 16.4 Å². The van der Waals surface area contributed by atoms with Crippen molar-refractivity contribution in [2.24, 2.45) is 5.92 Å². The monoisotopic (exact) mass is 684 g/mol. The molecule has 0 saturated carbocycles. The van der Waals surface area contributed by atoms with Crippen LogP contribution in [0.3, 0.4) is 0 Å². The number of anilines is 1. The quantitative estimate of drug-likeness (QED) is 0.164. The fourth-order valence-corrected chi connectivity index (χ4v) is 8.91. The minimum absolute atomic E-state index is 0.0892. The Kier molecular flexibility index (Phi) is 11.8. The molecule has 3 saturated heterocycles. The molecule has 0 radical (unpaired) electrons. The molecule has 3 unspecified atom stereocenters. The highest BCUT2D eigenvalue weighted by Gasteiger charge is 2.38. The number of carbonyl (C=O) groups excluding carboxylic acids is 1. The van der Waals surface area contributed by atoms with Crippen LogP contribution in [0.25, 0.3) is 0 Å². The summed E-state index contributed by atoms with van der Waals surface area (Å²) in [6, 6.07) is 7.11. The Balaban J connectivity index is 1.37. The van der Waals surface area contributed by atoms with E-state index in [0.717, 1.165) is 19.3 Å². The van der Waals surface area contributed by atoms with E-state index in [4.69, 9.17) is 16.3 Å². The second kappa shape index (κ2) is 15.6. The lowest BCUT2D eigenvalue weighted by Gasteiger charge is -2.49. The number of nitrogens with zero attached hydrogens (tertiary/aromatic N) is 1. The molecule has 5 rings (SSSR count). The summed E-state index contributed by atoms with van der Waals surface area (Å²) in [4.78, 5) is 25.9. The molecular formula is C32H43ClF2N4O6S. The second-order valence-electron chi connectivity index (χ2n) is 12.5. The Morgan fingerprint density at radius 3 is 2.63 bits per heavy atom. The molecular weight excluding hydrogens is 642 g/mol. The van der Waals surface area contributed by atoms with Crippen molar-refractivity contribution in [3.05, 3.63) is 64.2 Å². The van der Waals surface area contributed by atoms with Crippen LogP contribution in [-0.2, 0) is 16.0 Å². The van der Waals surface area contributed by atoms with Crippen molar-refractivity contribution in [1.82, 2.24) is 14.9 Å². The number of benzene rings is 2. The van der Waals surface area contributed by atoms with Gasteiger partial charge in [-0.3, -0.25) is 13.9 Å². The van der Waals surface area contributed by atoms with Gasteiger partial charge in [-0.25, -0.2) is 17.9 Å². The van der Waals surface area contributed by atoms with Gasteiger partial charge in [0.15, 0.2) is 0 Å². The number of halogens is 3. The number of fused-ring (bicyclic) bond motifs is 2. The zero-order valence-electron chi connectivity index (χ0n) is 25.6. The van der Waals surface area contributed by atoms with Crippen LogP contribution in [0.15, 0.2) is 36.4 Å². The van der Waals surface area contributed by atoms with Gasteiger partial charge in [-0.15, -0.1) is 10.8 Å². The van der Waals surface area contributed by atoms with Gasteiger partial charge in [-0.2, -0.15) is 0 Å². The average Bonchev–Trinajstić information content (AvgIpc) is 3.14. The van der Waals surface area contributed by atoms with Gasteiger partial charge >= 0.3 is 6.09 Å². The maximum Gasteiger partial charge on any atom is 0.405 e. The van der Waals surface area contributed by atoms with E-state index in [0.29, 0.717) is 69.2 Å². The topological polar surface area (TPSA) is 143 Å². The van der Waals surface area contributed by atoms with Crippen LogP contribution < -0.4 is 16.0 Å². The molecule has 0 aromatic heterocycles. The summed E-state index contributed by atoms with van der Waals surface area (Å²) in [5, 5.41) is 18.2. The normalized spacial score (nSPS) is 25.1. The maximum atomic E-state index is 15.3. The molecule has 2 bridgehead atoms. The zero-order valence-corrected chi connectivity index (χ0v) is 27.2. The minimum atomic E-state index is -2.94. The first-order valence-electron chi connectivity index (χ1n) is 15.9. The molecule has 2 aromatic carbocycles. The van der Waals surface area contributed by atoms with Gasteiger partial charge in [-0.05, 0) is 87.1 Å². The first-order valence-corrected chi connectivity index (χ1v) is 17.9. The van der Waals surface area contributed by atoms with E-state index in [9.17, 15) is 28.2 Å². The van der Waals surface area contributed by atoms with Gasteiger partial charge in [0, 0.05) is 55.6 Å². The number of carboxylic acid groups (broad SMARTS) is 1. The summed E-state index contributed by atoms with van der Waals surface area (Å²) in [6.45, 7) is 2.27. The van der Waals surface area contributed by atoms with Crippen molar-refractivity contribution in [2.75, 3.05) is 37.4 Å². The lowest BCUT2D eigenvalue weighted by molar-refractivity contribution is -0.118. The summed E-state index contributed by atoms with van der Waals surface area (Å²) in [7, 11) is -2.94. The highest BCUT2D eigenvalue weighted by Crippen LogP contribution is 2.49. The lowest BCUT2D eigenvalue weighted by Crippen LogP contribution is -2.55. The third kappa shape index (κ3) is 8.68. The van der Waals surface area contributed by atoms with E-state index in [1.165, 1.54) is 24.3 Å². The summed E-state index contributed by atoms with van der Waals surface area (Å²) in [6.07, 6.45) is 3.45. The van der Waals surface area contributed by atoms with Crippen LogP contribution in [0.5, 0.6) is 0 Å². The van der Waals surface area contributed by atoms with Gasteiger partial charge in [0.1, 0.15) is 17.7 Å². The molecule has 10 nitrogen and oxygen atoms in total. The fourth-order valence-electron chi connectivity index (χ4n) is 6.93. The van der Waals surface area contributed by atoms with E-state index in [2.05, 4.69) is 16.0 Å². The minimum Gasteiger partial charge on any atom is -0.465 e. The Bertz CT molecular complexity index is 1380. The first kappa shape index (κ1) is 34.8. The number of nitrogens with one attached hydrogen (secondary N) is 3. The van der Waals surface area contributed by atoms with Crippen molar-refractivity contribution in [2.45, 2.75) is 75.4 Å². The van der Waals surface area contributed by atoms with E-state index in [-0.39, 0.29) is 34.8 Å². The summed E-state index contributed by atoms with van der Waals surface area (Å²) < 4.78 is 58.8. The van der Waals surface area contributed by atoms with Crippen molar-refractivity contribution in [3.63, 3.8) is 0 Å². The molecule has 46 heavy (non-hydrogen) atoms. The number of hydrogen-bond acceptors (Lipinski definition) is 7. The van der Waals surface area contributed by atoms with E-state index >= 15 is 4.39 Å². The van der Waals surface area contributed by atoms with Gasteiger partial charge in [-0.1, -0.05) is 23.7 Å². The van der Waals surface area contributed by atoms with Crippen LogP contribution in [-0.4, -0.2) is 80.7 Å². The number of ether oxygens (including phenoxy) is 1. The molecule has 3 aliphatic heterocycles. The number of carbonyl (C=O) groups is 2. The molecule has 14 heteroatoms. The summed E-state index contributed by atoms with van der Waals surface area (Å²) in [5.74, 6) is -2.05. The number of amides is 2. The van der Waals surface area contributed by atoms with E-state index in [1.807, 2.05) is 0 Å². The lowest BCUT2D eigenvalue weighted by atomic mass is 9.82. The van der Waals surface area contributed by atoms with E-state index < -0.39 is 46.4 Å². The second-order valence-corrected chi connectivity index (χ2v) is 15.0. The van der Waals surface area contributed by atoms with Crippen molar-refractivity contribution >= 4 is 40.1 Å². The van der Waals surface area contributed by atoms with Crippen molar-refractivity contribution in [1.29, 1.82) is 0 Å². The molecule has 254 valence electrons. The highest BCUT2D eigenvalue weighted by molar-refractivity contribution is 8.22.